The Morgan fingerprint density at radius 1 is 1.19 bits per heavy atom. The molecule has 0 aliphatic heterocycles. The molecule has 0 amide bonds. The van der Waals surface area contributed by atoms with Gasteiger partial charge in [0, 0.05) is 12.7 Å². The van der Waals surface area contributed by atoms with E-state index in [1.54, 1.807) is 7.11 Å². The van der Waals surface area contributed by atoms with E-state index < -0.39 is 0 Å². The predicted octanol–water partition coefficient (Wildman–Crippen LogP) is 2.79. The van der Waals surface area contributed by atoms with Gasteiger partial charge in [0.2, 0.25) is 0 Å². The summed E-state index contributed by atoms with van der Waals surface area (Å²) in [6.07, 6.45) is 1.97. The van der Waals surface area contributed by atoms with Gasteiger partial charge in [-0.1, -0.05) is 12.1 Å². The minimum Gasteiger partial charge on any atom is -0.496 e. The molecule has 3 rings (SSSR count). The molecule has 0 saturated heterocycles. The Kier molecular flexibility index (Phi) is 4.17. The Hall–Kier alpha value is -1.92. The van der Waals surface area contributed by atoms with Crippen LogP contribution in [-0.4, -0.2) is 21.7 Å². The monoisotopic (exact) mass is 346 g/mol. The quantitative estimate of drug-likeness (QED) is 0.771. The SMILES string of the molecule is COc1ccc(CNCc2nnc3ccccn23)cc1Br. The zero-order valence-electron chi connectivity index (χ0n) is 11.6. The van der Waals surface area contributed by atoms with Gasteiger partial charge in [-0.2, -0.15) is 0 Å². The van der Waals surface area contributed by atoms with Crippen LogP contribution < -0.4 is 10.1 Å². The Morgan fingerprint density at radius 3 is 2.90 bits per heavy atom. The second-order valence-electron chi connectivity index (χ2n) is 4.62. The molecule has 0 unspecified atom stereocenters. The van der Waals surface area contributed by atoms with E-state index in [2.05, 4.69) is 31.4 Å². The highest BCUT2D eigenvalue weighted by Gasteiger charge is 2.05. The van der Waals surface area contributed by atoms with Gasteiger partial charge in [0.15, 0.2) is 11.5 Å². The van der Waals surface area contributed by atoms with E-state index in [1.807, 2.05) is 47.0 Å². The highest BCUT2D eigenvalue weighted by atomic mass is 79.9. The smallest absolute Gasteiger partial charge is 0.160 e. The van der Waals surface area contributed by atoms with Crippen molar-refractivity contribution in [1.82, 2.24) is 19.9 Å². The minimum atomic E-state index is 0.662. The molecule has 21 heavy (non-hydrogen) atoms. The normalized spacial score (nSPS) is 11.0. The maximum Gasteiger partial charge on any atom is 0.160 e. The molecular formula is C15H15BrN4O. The van der Waals surface area contributed by atoms with Crippen molar-refractivity contribution >= 4 is 21.6 Å². The van der Waals surface area contributed by atoms with Gasteiger partial charge in [0.05, 0.1) is 18.1 Å². The van der Waals surface area contributed by atoms with Crippen molar-refractivity contribution in [3.05, 3.63) is 58.5 Å². The number of benzene rings is 1. The summed E-state index contributed by atoms with van der Waals surface area (Å²) in [6.45, 7) is 1.42. The lowest BCUT2D eigenvalue weighted by molar-refractivity contribution is 0.412. The van der Waals surface area contributed by atoms with Crippen LogP contribution in [0.1, 0.15) is 11.4 Å². The summed E-state index contributed by atoms with van der Waals surface area (Å²) >= 11 is 3.49. The van der Waals surface area contributed by atoms with E-state index in [4.69, 9.17) is 4.74 Å². The van der Waals surface area contributed by atoms with Crippen LogP contribution in [0.25, 0.3) is 5.65 Å². The molecule has 2 heterocycles. The van der Waals surface area contributed by atoms with E-state index in [0.717, 1.165) is 28.2 Å². The fraction of sp³-hybridized carbons (Fsp3) is 0.200. The maximum atomic E-state index is 5.22. The molecule has 0 spiro atoms. The third-order valence-electron chi connectivity index (χ3n) is 3.21. The topological polar surface area (TPSA) is 51.5 Å². The first kappa shape index (κ1) is 14.0. The van der Waals surface area contributed by atoms with Crippen molar-refractivity contribution in [2.75, 3.05) is 7.11 Å². The molecule has 0 saturated carbocycles. The number of fused-ring (bicyclic) bond motifs is 1. The Balaban J connectivity index is 1.65. The molecule has 3 aromatic rings. The van der Waals surface area contributed by atoms with Crippen LogP contribution in [0.4, 0.5) is 0 Å². The number of nitrogens with one attached hydrogen (secondary N) is 1. The largest absolute Gasteiger partial charge is 0.496 e. The van der Waals surface area contributed by atoms with Gasteiger partial charge in [-0.05, 0) is 45.8 Å². The van der Waals surface area contributed by atoms with Crippen LogP contribution in [0.2, 0.25) is 0 Å². The summed E-state index contributed by atoms with van der Waals surface area (Å²) in [7, 11) is 1.66. The molecule has 6 heteroatoms. The van der Waals surface area contributed by atoms with E-state index in [1.165, 1.54) is 5.56 Å². The average Bonchev–Trinajstić information content (AvgIpc) is 2.91. The Labute approximate surface area is 131 Å². The molecule has 0 radical (unpaired) electrons. The van der Waals surface area contributed by atoms with Gasteiger partial charge in [-0.3, -0.25) is 4.40 Å². The molecule has 2 aromatic heterocycles. The number of hydrogen-bond donors (Lipinski definition) is 1. The van der Waals surface area contributed by atoms with Crippen LogP contribution in [0.15, 0.2) is 47.1 Å². The molecule has 0 bridgehead atoms. The van der Waals surface area contributed by atoms with Crippen LogP contribution in [-0.2, 0) is 13.1 Å². The highest BCUT2D eigenvalue weighted by molar-refractivity contribution is 9.10. The fourth-order valence-electron chi connectivity index (χ4n) is 2.15. The average molecular weight is 347 g/mol. The first-order valence-electron chi connectivity index (χ1n) is 6.59. The molecular weight excluding hydrogens is 332 g/mol. The lowest BCUT2D eigenvalue weighted by Gasteiger charge is -2.07. The Morgan fingerprint density at radius 2 is 2.10 bits per heavy atom. The minimum absolute atomic E-state index is 0.662. The number of pyridine rings is 1. The van der Waals surface area contributed by atoms with Crippen LogP contribution >= 0.6 is 15.9 Å². The van der Waals surface area contributed by atoms with Gasteiger partial charge < -0.3 is 10.1 Å². The summed E-state index contributed by atoms with van der Waals surface area (Å²) in [5.41, 5.74) is 2.04. The number of aromatic nitrogens is 3. The third-order valence-corrected chi connectivity index (χ3v) is 3.83. The zero-order chi connectivity index (χ0) is 14.7. The predicted molar refractivity (Wildman–Crippen MR) is 84.2 cm³/mol. The van der Waals surface area contributed by atoms with Crippen molar-refractivity contribution in [2.24, 2.45) is 0 Å². The molecule has 1 aromatic carbocycles. The van der Waals surface area contributed by atoms with Crippen molar-refractivity contribution in [3.63, 3.8) is 0 Å². The second-order valence-corrected chi connectivity index (χ2v) is 5.47. The van der Waals surface area contributed by atoms with E-state index >= 15 is 0 Å². The maximum absolute atomic E-state index is 5.22. The van der Waals surface area contributed by atoms with E-state index in [9.17, 15) is 0 Å². The van der Waals surface area contributed by atoms with Gasteiger partial charge in [0.1, 0.15) is 5.75 Å². The molecule has 1 N–H and O–H groups in total. The summed E-state index contributed by atoms with van der Waals surface area (Å²) in [5, 5.41) is 11.7. The number of halogens is 1. The molecule has 0 atom stereocenters. The first-order valence-corrected chi connectivity index (χ1v) is 7.39. The van der Waals surface area contributed by atoms with Crippen molar-refractivity contribution < 1.29 is 4.74 Å². The summed E-state index contributed by atoms with van der Waals surface area (Å²) in [4.78, 5) is 0. The number of nitrogens with zero attached hydrogens (tertiary/aromatic N) is 3. The standard InChI is InChI=1S/C15H15BrN4O/c1-21-13-6-5-11(8-12(13)16)9-17-10-15-19-18-14-4-2-3-7-20(14)15/h2-8,17H,9-10H2,1H3. The third kappa shape index (κ3) is 3.06. The molecule has 0 fully saturated rings. The number of ether oxygens (including phenoxy) is 1. The van der Waals surface area contributed by atoms with Crippen molar-refractivity contribution in [1.29, 1.82) is 0 Å². The second kappa shape index (κ2) is 6.24. The number of methoxy groups -OCH3 is 1. The molecule has 0 aliphatic rings. The van der Waals surface area contributed by atoms with Crippen LogP contribution in [0.5, 0.6) is 5.75 Å². The zero-order valence-corrected chi connectivity index (χ0v) is 13.2. The molecule has 108 valence electrons. The highest BCUT2D eigenvalue weighted by Crippen LogP contribution is 2.25. The fourth-order valence-corrected chi connectivity index (χ4v) is 2.74. The van der Waals surface area contributed by atoms with Crippen molar-refractivity contribution in [2.45, 2.75) is 13.1 Å². The Bertz CT molecular complexity index is 756. The molecule has 5 nitrogen and oxygen atoms in total. The van der Waals surface area contributed by atoms with Gasteiger partial charge in [-0.15, -0.1) is 10.2 Å². The van der Waals surface area contributed by atoms with Gasteiger partial charge in [0.25, 0.3) is 0 Å². The summed E-state index contributed by atoms with van der Waals surface area (Å²) in [6, 6.07) is 11.9. The van der Waals surface area contributed by atoms with Crippen LogP contribution in [0.3, 0.4) is 0 Å². The summed E-state index contributed by atoms with van der Waals surface area (Å²) < 4.78 is 8.16. The van der Waals surface area contributed by atoms with Gasteiger partial charge >= 0.3 is 0 Å². The lowest BCUT2D eigenvalue weighted by Crippen LogP contribution is -2.15. The van der Waals surface area contributed by atoms with Crippen LogP contribution in [0, 0.1) is 0 Å². The van der Waals surface area contributed by atoms with E-state index in [-0.39, 0.29) is 0 Å². The number of rotatable bonds is 5. The summed E-state index contributed by atoms with van der Waals surface area (Å²) in [5.74, 6) is 1.74. The number of hydrogen-bond acceptors (Lipinski definition) is 4. The van der Waals surface area contributed by atoms with Crippen molar-refractivity contribution in [3.8, 4) is 5.75 Å². The van der Waals surface area contributed by atoms with E-state index in [0.29, 0.717) is 6.54 Å². The lowest BCUT2D eigenvalue weighted by atomic mass is 10.2. The van der Waals surface area contributed by atoms with Gasteiger partial charge in [-0.25, -0.2) is 0 Å². The molecule has 0 aliphatic carbocycles. The first-order chi connectivity index (χ1) is 10.3.